The van der Waals surface area contributed by atoms with Gasteiger partial charge in [-0.25, -0.2) is 22.0 Å². The number of hydrogen-bond donors (Lipinski definition) is 2. The van der Waals surface area contributed by atoms with Crippen LogP contribution in [0.3, 0.4) is 0 Å². The van der Waals surface area contributed by atoms with Crippen LogP contribution in [0.4, 0.5) is 27.6 Å². The lowest BCUT2D eigenvalue weighted by atomic mass is 10.2. The van der Waals surface area contributed by atoms with Crippen molar-refractivity contribution in [1.82, 2.24) is 0 Å². The van der Waals surface area contributed by atoms with Crippen molar-refractivity contribution < 1.29 is 26.7 Å². The molecule has 0 unspecified atom stereocenters. The number of benzene rings is 1. The molecule has 0 amide bonds. The topological polar surface area (TPSA) is 47.3 Å². The molecule has 1 aromatic rings. The smallest absolute Gasteiger partial charge is 0.268 e. The first-order valence-electron chi connectivity index (χ1n) is 4.05. The highest BCUT2D eigenvalue weighted by Crippen LogP contribution is 2.27. The van der Waals surface area contributed by atoms with Gasteiger partial charge in [-0.1, -0.05) is 0 Å². The molecule has 0 radical (unpaired) electrons. The van der Waals surface area contributed by atoms with E-state index in [-0.39, 0.29) is 0 Å². The lowest BCUT2D eigenvalue weighted by Gasteiger charge is -2.11. The standard InChI is InChI=1S/C8H3F5N2OS2/c9-1-2(10)4(12)6(5(13)3(1)11)15-8(18)16-7(14)17/h(H2,14,17)(H,15,18). The molecule has 1 rings (SSSR count). The van der Waals surface area contributed by atoms with Crippen LogP contribution in [-0.2, 0) is 4.74 Å². The second-order valence-electron chi connectivity index (χ2n) is 2.78. The molecule has 10 heteroatoms. The molecule has 18 heavy (non-hydrogen) atoms. The number of rotatable bonds is 1. The lowest BCUT2D eigenvalue weighted by molar-refractivity contribution is 0.381. The summed E-state index contributed by atoms with van der Waals surface area (Å²) in [6.07, 6.45) is 0. The molecule has 1 aromatic carbocycles. The van der Waals surface area contributed by atoms with E-state index >= 15 is 0 Å². The quantitative estimate of drug-likeness (QED) is 0.361. The number of thiocarbonyl (C=S) groups is 2. The monoisotopic (exact) mass is 302 g/mol. The summed E-state index contributed by atoms with van der Waals surface area (Å²) in [5.41, 5.74) is 3.54. The maximum Gasteiger partial charge on any atom is 0.268 e. The highest BCUT2D eigenvalue weighted by molar-refractivity contribution is 7.81. The van der Waals surface area contributed by atoms with Crippen LogP contribution in [0, 0.1) is 29.1 Å². The fourth-order valence-electron chi connectivity index (χ4n) is 0.934. The largest absolute Gasteiger partial charge is 0.405 e. The van der Waals surface area contributed by atoms with Gasteiger partial charge in [-0.2, -0.15) is 0 Å². The van der Waals surface area contributed by atoms with Crippen molar-refractivity contribution in [2.24, 2.45) is 5.73 Å². The summed E-state index contributed by atoms with van der Waals surface area (Å²) in [7, 11) is 0. The molecule has 98 valence electrons. The van der Waals surface area contributed by atoms with Gasteiger partial charge in [-0.3, -0.25) is 0 Å². The summed E-state index contributed by atoms with van der Waals surface area (Å²) < 4.78 is 68.9. The molecule has 0 fully saturated rings. The maximum atomic E-state index is 13.1. The Kier molecular flexibility index (Phi) is 4.35. The fourth-order valence-corrected chi connectivity index (χ4v) is 1.26. The van der Waals surface area contributed by atoms with Crippen LogP contribution < -0.4 is 11.1 Å². The summed E-state index contributed by atoms with van der Waals surface area (Å²) >= 11 is 8.64. The van der Waals surface area contributed by atoms with Gasteiger partial charge in [-0.05, 0) is 24.4 Å². The van der Waals surface area contributed by atoms with E-state index in [4.69, 9.17) is 5.73 Å². The molecule has 3 N–H and O–H groups in total. The minimum atomic E-state index is -2.28. The van der Waals surface area contributed by atoms with Gasteiger partial charge in [0.25, 0.3) is 10.3 Å². The number of anilines is 1. The Bertz CT molecular complexity index is 508. The third-order valence-corrected chi connectivity index (χ3v) is 1.90. The molecule has 0 aliphatic heterocycles. The molecule has 0 saturated carbocycles. The van der Waals surface area contributed by atoms with Gasteiger partial charge in [-0.15, -0.1) is 0 Å². The van der Waals surface area contributed by atoms with Crippen LogP contribution in [0.15, 0.2) is 0 Å². The first-order chi connectivity index (χ1) is 8.25. The molecule has 3 nitrogen and oxygen atoms in total. The summed E-state index contributed by atoms with van der Waals surface area (Å²) in [5, 5.41) is 0.318. The third-order valence-electron chi connectivity index (χ3n) is 1.63. The van der Waals surface area contributed by atoms with Gasteiger partial charge in [0.1, 0.15) is 5.69 Å². The first-order valence-corrected chi connectivity index (χ1v) is 4.87. The Labute approximate surface area is 108 Å². The van der Waals surface area contributed by atoms with Crippen LogP contribution in [0.5, 0.6) is 0 Å². The Morgan fingerprint density at radius 1 is 0.889 bits per heavy atom. The average Bonchev–Trinajstić information content (AvgIpc) is 2.29. The van der Waals surface area contributed by atoms with E-state index in [1.807, 2.05) is 0 Å². The van der Waals surface area contributed by atoms with Crippen molar-refractivity contribution in [3.63, 3.8) is 0 Å². The van der Waals surface area contributed by atoms with Crippen LogP contribution in [0.1, 0.15) is 0 Å². The number of nitrogens with one attached hydrogen (secondary N) is 1. The van der Waals surface area contributed by atoms with Crippen molar-refractivity contribution in [3.8, 4) is 0 Å². The van der Waals surface area contributed by atoms with Crippen molar-refractivity contribution >= 4 is 40.5 Å². The van der Waals surface area contributed by atoms with Crippen molar-refractivity contribution in [1.29, 1.82) is 0 Å². The molecule has 0 saturated heterocycles. The molecular formula is C8H3F5N2OS2. The van der Waals surface area contributed by atoms with Crippen molar-refractivity contribution in [2.75, 3.05) is 5.32 Å². The van der Waals surface area contributed by atoms with Crippen LogP contribution in [0.2, 0.25) is 0 Å². The van der Waals surface area contributed by atoms with Gasteiger partial charge < -0.3 is 15.8 Å². The lowest BCUT2D eigenvalue weighted by Crippen LogP contribution is -2.23. The fraction of sp³-hybridized carbons (Fsp3) is 0. The number of hydrogen-bond acceptors (Lipinski definition) is 3. The van der Waals surface area contributed by atoms with Crippen LogP contribution in [-0.4, -0.2) is 10.3 Å². The van der Waals surface area contributed by atoms with E-state index in [2.05, 4.69) is 29.2 Å². The molecule has 0 heterocycles. The van der Waals surface area contributed by atoms with E-state index in [0.717, 1.165) is 0 Å². The number of nitrogens with two attached hydrogens (primary N) is 1. The van der Waals surface area contributed by atoms with Gasteiger partial charge >= 0.3 is 0 Å². The Balaban J connectivity index is 3.18. The highest BCUT2D eigenvalue weighted by Gasteiger charge is 2.26. The number of ether oxygens (including phenoxy) is 1. The zero-order valence-corrected chi connectivity index (χ0v) is 9.82. The molecule has 0 spiro atoms. The van der Waals surface area contributed by atoms with Crippen molar-refractivity contribution in [3.05, 3.63) is 29.1 Å². The Morgan fingerprint density at radius 3 is 1.67 bits per heavy atom. The summed E-state index contributed by atoms with van der Waals surface area (Å²) in [6.45, 7) is 0. The second kappa shape index (κ2) is 5.40. The number of halogens is 5. The molecule has 0 aliphatic rings. The minimum absolute atomic E-state index is 0.587. The average molecular weight is 302 g/mol. The van der Waals surface area contributed by atoms with Crippen molar-refractivity contribution in [2.45, 2.75) is 0 Å². The van der Waals surface area contributed by atoms with E-state index in [1.54, 1.807) is 5.32 Å². The summed E-state index contributed by atoms with van der Waals surface area (Å²) in [4.78, 5) is 0. The van der Waals surface area contributed by atoms with Gasteiger partial charge in [0, 0.05) is 0 Å². The van der Waals surface area contributed by atoms with Gasteiger partial charge in [0.15, 0.2) is 23.3 Å². The predicted molar refractivity (Wildman–Crippen MR) is 60.3 cm³/mol. The highest BCUT2D eigenvalue weighted by atomic mass is 32.1. The molecular weight excluding hydrogens is 299 g/mol. The van der Waals surface area contributed by atoms with Crippen LogP contribution >= 0.6 is 24.4 Å². The van der Waals surface area contributed by atoms with E-state index < -0.39 is 45.1 Å². The van der Waals surface area contributed by atoms with Gasteiger partial charge in [0.05, 0.1) is 0 Å². The third kappa shape index (κ3) is 2.82. The second-order valence-corrected chi connectivity index (χ2v) is 3.55. The van der Waals surface area contributed by atoms with E-state index in [0.29, 0.717) is 0 Å². The first kappa shape index (κ1) is 14.5. The SMILES string of the molecule is NC(=S)OC(=S)Nc1c(F)c(F)c(F)c(F)c1F. The summed E-state index contributed by atoms with van der Waals surface area (Å²) in [6, 6.07) is 0. The Hall–Kier alpha value is -1.55. The normalized spacial score (nSPS) is 10.1. The van der Waals surface area contributed by atoms with E-state index in [1.165, 1.54) is 0 Å². The molecule has 0 aliphatic carbocycles. The zero-order valence-electron chi connectivity index (χ0n) is 8.19. The Morgan fingerprint density at radius 2 is 1.28 bits per heavy atom. The summed E-state index contributed by atoms with van der Waals surface area (Å²) in [5.74, 6) is -10.7. The van der Waals surface area contributed by atoms with Crippen LogP contribution in [0.25, 0.3) is 0 Å². The zero-order chi connectivity index (χ0) is 14.0. The minimum Gasteiger partial charge on any atom is -0.405 e. The molecule has 0 bridgehead atoms. The van der Waals surface area contributed by atoms with Gasteiger partial charge in [0.2, 0.25) is 5.82 Å². The molecule has 0 atom stereocenters. The maximum absolute atomic E-state index is 13.1. The predicted octanol–water partition coefficient (Wildman–Crippen LogP) is 2.34. The molecule has 0 aromatic heterocycles. The van der Waals surface area contributed by atoms with E-state index in [9.17, 15) is 22.0 Å².